The first-order chi connectivity index (χ1) is 13.2. The van der Waals surface area contributed by atoms with Crippen molar-refractivity contribution in [3.05, 3.63) is 71.3 Å². The summed E-state index contributed by atoms with van der Waals surface area (Å²) < 4.78 is 0. The highest BCUT2D eigenvalue weighted by Crippen LogP contribution is 2.22. The van der Waals surface area contributed by atoms with Crippen LogP contribution in [0.3, 0.4) is 0 Å². The lowest BCUT2D eigenvalue weighted by atomic mass is 10.1. The molecule has 1 aliphatic rings. The average molecular weight is 382 g/mol. The van der Waals surface area contributed by atoms with E-state index in [0.29, 0.717) is 35.7 Å². The number of aryl methyl sites for hydroxylation is 1. The van der Waals surface area contributed by atoms with E-state index in [-0.39, 0.29) is 17.7 Å². The molecule has 0 aliphatic carbocycles. The first-order valence-electron chi connectivity index (χ1n) is 9.00. The summed E-state index contributed by atoms with van der Waals surface area (Å²) in [6.07, 6.45) is 1.84. The molecular weight excluding hydrogens is 360 g/mol. The zero-order valence-corrected chi connectivity index (χ0v) is 15.8. The van der Waals surface area contributed by atoms with Gasteiger partial charge < -0.3 is 5.32 Å². The number of thioether (sulfide) groups is 1. The van der Waals surface area contributed by atoms with E-state index in [0.717, 1.165) is 12.8 Å². The number of rotatable bonds is 9. The Morgan fingerprint density at radius 2 is 1.56 bits per heavy atom. The van der Waals surface area contributed by atoms with Crippen LogP contribution in [0.1, 0.15) is 32.7 Å². The Bertz CT molecular complexity index is 788. The number of benzene rings is 2. The zero-order chi connectivity index (χ0) is 19.1. The number of hydrogen-bond donors (Lipinski definition) is 1. The molecule has 0 atom stereocenters. The lowest BCUT2D eigenvalue weighted by molar-refractivity contribution is -0.118. The maximum Gasteiger partial charge on any atom is 0.261 e. The van der Waals surface area contributed by atoms with Gasteiger partial charge in [0.25, 0.3) is 11.8 Å². The van der Waals surface area contributed by atoms with Gasteiger partial charge in [0.2, 0.25) is 5.91 Å². The molecule has 0 spiro atoms. The highest BCUT2D eigenvalue weighted by molar-refractivity contribution is 7.99. The predicted octanol–water partition coefficient (Wildman–Crippen LogP) is 2.76. The van der Waals surface area contributed by atoms with Crippen LogP contribution in [0.15, 0.2) is 54.6 Å². The normalized spacial score (nSPS) is 13.0. The molecule has 0 radical (unpaired) electrons. The number of fused-ring (bicyclic) bond motifs is 1. The lowest BCUT2D eigenvalue weighted by Crippen LogP contribution is -2.32. The quantitative estimate of drug-likeness (QED) is 0.535. The van der Waals surface area contributed by atoms with Crippen molar-refractivity contribution in [1.82, 2.24) is 10.2 Å². The van der Waals surface area contributed by atoms with Crippen LogP contribution < -0.4 is 5.32 Å². The van der Waals surface area contributed by atoms with Crippen LogP contribution in [0.4, 0.5) is 0 Å². The molecule has 140 valence electrons. The zero-order valence-electron chi connectivity index (χ0n) is 15.0. The molecule has 0 fully saturated rings. The summed E-state index contributed by atoms with van der Waals surface area (Å²) in [5, 5.41) is 2.91. The number of amides is 3. The fourth-order valence-electron chi connectivity index (χ4n) is 2.98. The smallest absolute Gasteiger partial charge is 0.261 e. The van der Waals surface area contributed by atoms with Gasteiger partial charge in [0.1, 0.15) is 0 Å². The number of carbonyl (C=O) groups excluding carboxylic acids is 3. The van der Waals surface area contributed by atoms with Gasteiger partial charge >= 0.3 is 0 Å². The Hall–Kier alpha value is -2.60. The lowest BCUT2D eigenvalue weighted by Gasteiger charge is -2.13. The van der Waals surface area contributed by atoms with Crippen molar-refractivity contribution < 1.29 is 14.4 Å². The van der Waals surface area contributed by atoms with Crippen molar-refractivity contribution in [3.8, 4) is 0 Å². The second-order valence-electron chi connectivity index (χ2n) is 6.30. The number of hydrogen-bond acceptors (Lipinski definition) is 4. The van der Waals surface area contributed by atoms with Crippen LogP contribution in [0, 0.1) is 0 Å². The number of imide groups is 1. The van der Waals surface area contributed by atoms with E-state index in [1.165, 1.54) is 22.2 Å². The van der Waals surface area contributed by atoms with E-state index in [2.05, 4.69) is 17.4 Å². The van der Waals surface area contributed by atoms with Crippen LogP contribution in [-0.2, 0) is 11.2 Å². The molecular formula is C21H22N2O3S. The van der Waals surface area contributed by atoms with Gasteiger partial charge in [-0.3, -0.25) is 19.3 Å². The monoisotopic (exact) mass is 382 g/mol. The minimum Gasteiger partial charge on any atom is -0.355 e. The van der Waals surface area contributed by atoms with E-state index in [4.69, 9.17) is 0 Å². The molecule has 0 saturated heterocycles. The third-order valence-corrected chi connectivity index (χ3v) is 5.32. The highest BCUT2D eigenvalue weighted by atomic mass is 32.2. The van der Waals surface area contributed by atoms with Crippen molar-refractivity contribution in [2.24, 2.45) is 0 Å². The number of nitrogens with zero attached hydrogens (tertiary/aromatic N) is 1. The van der Waals surface area contributed by atoms with Gasteiger partial charge in [0.05, 0.1) is 16.9 Å². The standard InChI is InChI=1S/C21H22N2O3S/c24-19(22-12-6-9-16-7-2-1-3-8-16)15-27-14-13-23-20(25)17-10-4-5-11-18(17)21(23)26/h1-5,7-8,10-11H,6,9,12-15H2,(H,22,24). The Balaban J connectivity index is 1.31. The molecule has 1 heterocycles. The summed E-state index contributed by atoms with van der Waals surface area (Å²) in [7, 11) is 0. The molecule has 27 heavy (non-hydrogen) atoms. The van der Waals surface area contributed by atoms with Crippen molar-refractivity contribution >= 4 is 29.5 Å². The van der Waals surface area contributed by atoms with E-state index in [9.17, 15) is 14.4 Å². The molecule has 2 aromatic rings. The molecule has 3 amide bonds. The first kappa shape index (κ1) is 19.2. The van der Waals surface area contributed by atoms with Gasteiger partial charge in [0, 0.05) is 18.8 Å². The first-order valence-corrected chi connectivity index (χ1v) is 10.2. The minimum atomic E-state index is -0.249. The van der Waals surface area contributed by atoms with E-state index < -0.39 is 0 Å². The molecule has 1 N–H and O–H groups in total. The van der Waals surface area contributed by atoms with E-state index >= 15 is 0 Å². The second kappa shape index (κ2) is 9.37. The summed E-state index contributed by atoms with van der Waals surface area (Å²) in [6, 6.07) is 17.0. The van der Waals surface area contributed by atoms with Crippen molar-refractivity contribution in [2.45, 2.75) is 12.8 Å². The van der Waals surface area contributed by atoms with Crippen LogP contribution in [0.2, 0.25) is 0 Å². The van der Waals surface area contributed by atoms with Gasteiger partial charge in [-0.05, 0) is 30.5 Å². The van der Waals surface area contributed by atoms with Crippen molar-refractivity contribution in [1.29, 1.82) is 0 Å². The van der Waals surface area contributed by atoms with Gasteiger partial charge in [-0.1, -0.05) is 42.5 Å². The van der Waals surface area contributed by atoms with Gasteiger partial charge in [-0.2, -0.15) is 11.8 Å². The van der Waals surface area contributed by atoms with Crippen LogP contribution in [-0.4, -0.2) is 47.2 Å². The third-order valence-electron chi connectivity index (χ3n) is 4.38. The van der Waals surface area contributed by atoms with Crippen molar-refractivity contribution in [2.75, 3.05) is 24.6 Å². The van der Waals surface area contributed by atoms with Crippen LogP contribution in [0.5, 0.6) is 0 Å². The molecule has 1 aliphatic heterocycles. The molecule has 3 rings (SSSR count). The maximum absolute atomic E-state index is 12.2. The topological polar surface area (TPSA) is 66.5 Å². The fraction of sp³-hybridized carbons (Fsp3) is 0.286. The molecule has 5 nitrogen and oxygen atoms in total. The van der Waals surface area contributed by atoms with E-state index in [1.54, 1.807) is 24.3 Å². The van der Waals surface area contributed by atoms with Gasteiger partial charge in [-0.25, -0.2) is 0 Å². The molecule has 0 bridgehead atoms. The summed E-state index contributed by atoms with van der Waals surface area (Å²) in [4.78, 5) is 37.6. The third kappa shape index (κ3) is 4.98. The summed E-state index contributed by atoms with van der Waals surface area (Å²) >= 11 is 1.43. The molecule has 0 saturated carbocycles. The van der Waals surface area contributed by atoms with Crippen molar-refractivity contribution in [3.63, 3.8) is 0 Å². The van der Waals surface area contributed by atoms with E-state index in [1.807, 2.05) is 18.2 Å². The number of nitrogens with one attached hydrogen (secondary N) is 1. The van der Waals surface area contributed by atoms with Crippen LogP contribution in [0.25, 0.3) is 0 Å². The average Bonchev–Trinajstić information content (AvgIpc) is 2.94. The summed E-state index contributed by atoms with van der Waals surface area (Å²) in [5.41, 5.74) is 2.19. The molecule has 2 aromatic carbocycles. The van der Waals surface area contributed by atoms with Gasteiger partial charge in [-0.15, -0.1) is 0 Å². The minimum absolute atomic E-state index is 0.0181. The molecule has 6 heteroatoms. The SMILES string of the molecule is O=C(CSCCN1C(=O)c2ccccc2C1=O)NCCCc1ccccc1. The largest absolute Gasteiger partial charge is 0.355 e. The van der Waals surface area contributed by atoms with Crippen LogP contribution >= 0.6 is 11.8 Å². The molecule has 0 unspecified atom stereocenters. The Morgan fingerprint density at radius 3 is 2.22 bits per heavy atom. The Labute approximate surface area is 163 Å². The summed E-state index contributed by atoms with van der Waals surface area (Å²) in [6.45, 7) is 0.963. The Kier molecular flexibility index (Phi) is 6.65. The number of carbonyl (C=O) groups is 3. The second-order valence-corrected chi connectivity index (χ2v) is 7.40. The maximum atomic E-state index is 12.2. The Morgan fingerprint density at radius 1 is 0.926 bits per heavy atom. The van der Waals surface area contributed by atoms with Gasteiger partial charge in [0.15, 0.2) is 0 Å². The summed E-state index contributed by atoms with van der Waals surface area (Å²) in [5.74, 6) is 0.357. The fourth-order valence-corrected chi connectivity index (χ4v) is 3.72. The molecule has 0 aromatic heterocycles. The predicted molar refractivity (Wildman–Crippen MR) is 107 cm³/mol. The highest BCUT2D eigenvalue weighted by Gasteiger charge is 2.34.